The van der Waals surface area contributed by atoms with Crippen LogP contribution in [0.5, 0.6) is 0 Å². The molecule has 0 amide bonds. The summed E-state index contributed by atoms with van der Waals surface area (Å²) in [6, 6.07) is 10.1. The molecule has 0 spiro atoms. The molecule has 0 radical (unpaired) electrons. The number of hydrogen-bond donors (Lipinski definition) is 1. The summed E-state index contributed by atoms with van der Waals surface area (Å²) in [6.07, 6.45) is 2.31. The van der Waals surface area contributed by atoms with Crippen molar-refractivity contribution >= 4 is 0 Å². The number of ether oxygens (including phenoxy) is 1. The summed E-state index contributed by atoms with van der Waals surface area (Å²) in [5.41, 5.74) is 1.11. The predicted molar refractivity (Wildman–Crippen MR) is 89.3 cm³/mol. The topological polar surface area (TPSA) is 71.6 Å². The second kappa shape index (κ2) is 8.37. The summed E-state index contributed by atoms with van der Waals surface area (Å²) in [7, 11) is 0. The molecule has 130 valence electrons. The van der Waals surface area contributed by atoms with E-state index in [1.54, 1.807) is 0 Å². The maximum absolute atomic E-state index is 10.3. The van der Waals surface area contributed by atoms with Crippen LogP contribution in [0.3, 0.4) is 0 Å². The van der Waals surface area contributed by atoms with E-state index in [9.17, 15) is 5.11 Å². The number of aliphatic hydroxyl groups excluding tert-OH is 1. The number of aryl methyl sites for hydroxylation is 1. The highest BCUT2D eigenvalue weighted by Crippen LogP contribution is 2.30. The Labute approximate surface area is 142 Å². The Bertz CT molecular complexity index is 617. The third-order valence-electron chi connectivity index (χ3n) is 4.32. The molecule has 0 saturated carbocycles. The molecule has 0 aliphatic carbocycles. The zero-order valence-corrected chi connectivity index (χ0v) is 14.1. The molecule has 3 rings (SSSR count). The second-order valence-electron chi connectivity index (χ2n) is 6.21. The van der Waals surface area contributed by atoms with Crippen LogP contribution in [0.15, 0.2) is 34.9 Å². The molecule has 2 aromatic rings. The molecular weight excluding hydrogens is 306 g/mol. The molecule has 0 bridgehead atoms. The third kappa shape index (κ3) is 4.41. The Kier molecular flexibility index (Phi) is 5.96. The smallest absolute Gasteiger partial charge is 0.226 e. The number of aliphatic hydroxyl groups is 1. The van der Waals surface area contributed by atoms with Gasteiger partial charge in [-0.3, -0.25) is 4.90 Å². The van der Waals surface area contributed by atoms with E-state index in [0.717, 1.165) is 37.2 Å². The van der Waals surface area contributed by atoms with Gasteiger partial charge in [-0.15, -0.1) is 0 Å². The van der Waals surface area contributed by atoms with E-state index in [1.165, 1.54) is 0 Å². The van der Waals surface area contributed by atoms with Gasteiger partial charge in [-0.2, -0.15) is 4.98 Å². The summed E-state index contributed by atoms with van der Waals surface area (Å²) in [4.78, 5) is 6.66. The SMILES string of the molecule is CCc1nc([C@@H]2CCCN2C[C@H](O)COCc2ccccc2)no1. The molecule has 2 heterocycles. The van der Waals surface area contributed by atoms with E-state index in [4.69, 9.17) is 9.26 Å². The zero-order chi connectivity index (χ0) is 16.8. The van der Waals surface area contributed by atoms with Crippen LogP contribution < -0.4 is 0 Å². The molecule has 2 atom stereocenters. The zero-order valence-electron chi connectivity index (χ0n) is 14.1. The van der Waals surface area contributed by atoms with Gasteiger partial charge in [0.25, 0.3) is 0 Å². The Morgan fingerprint density at radius 1 is 1.38 bits per heavy atom. The highest BCUT2D eigenvalue weighted by atomic mass is 16.5. The Morgan fingerprint density at radius 3 is 2.96 bits per heavy atom. The molecule has 1 aliphatic rings. The lowest BCUT2D eigenvalue weighted by molar-refractivity contribution is 0.00710. The van der Waals surface area contributed by atoms with Gasteiger partial charge in [0, 0.05) is 13.0 Å². The summed E-state index contributed by atoms with van der Waals surface area (Å²) in [6.45, 7) is 4.35. The Hall–Kier alpha value is -1.76. The summed E-state index contributed by atoms with van der Waals surface area (Å²) >= 11 is 0. The van der Waals surface area contributed by atoms with E-state index in [-0.39, 0.29) is 6.04 Å². The second-order valence-corrected chi connectivity index (χ2v) is 6.21. The Morgan fingerprint density at radius 2 is 2.21 bits per heavy atom. The van der Waals surface area contributed by atoms with Crippen LogP contribution in [-0.2, 0) is 17.8 Å². The van der Waals surface area contributed by atoms with Crippen LogP contribution in [0.25, 0.3) is 0 Å². The highest BCUT2D eigenvalue weighted by molar-refractivity contribution is 5.13. The van der Waals surface area contributed by atoms with Gasteiger partial charge in [0.2, 0.25) is 5.89 Å². The van der Waals surface area contributed by atoms with Crippen molar-refractivity contribution < 1.29 is 14.4 Å². The summed E-state index contributed by atoms with van der Waals surface area (Å²) in [5.74, 6) is 1.41. The van der Waals surface area contributed by atoms with Gasteiger partial charge in [0.1, 0.15) is 0 Å². The lowest BCUT2D eigenvalue weighted by Gasteiger charge is -2.24. The maximum Gasteiger partial charge on any atom is 0.226 e. The largest absolute Gasteiger partial charge is 0.389 e. The number of β-amino-alcohol motifs (C(OH)–C–C–N with tert-alkyl or cyclic N) is 1. The predicted octanol–water partition coefficient (Wildman–Crippen LogP) is 2.35. The van der Waals surface area contributed by atoms with Gasteiger partial charge < -0.3 is 14.4 Å². The van der Waals surface area contributed by atoms with Gasteiger partial charge >= 0.3 is 0 Å². The average Bonchev–Trinajstić information content (AvgIpc) is 3.24. The fraction of sp³-hybridized carbons (Fsp3) is 0.556. The molecular formula is C18H25N3O3. The first-order valence-corrected chi connectivity index (χ1v) is 8.62. The average molecular weight is 331 g/mol. The van der Waals surface area contributed by atoms with Gasteiger partial charge in [0.05, 0.1) is 25.4 Å². The molecule has 6 nitrogen and oxygen atoms in total. The number of rotatable bonds is 8. The number of benzene rings is 1. The Balaban J connectivity index is 1.47. The molecule has 1 N–H and O–H groups in total. The number of likely N-dealkylation sites (tertiary alicyclic amines) is 1. The van der Waals surface area contributed by atoms with E-state index < -0.39 is 6.10 Å². The van der Waals surface area contributed by atoms with Crippen LogP contribution in [0, 0.1) is 0 Å². The molecule has 1 aliphatic heterocycles. The quantitative estimate of drug-likeness (QED) is 0.800. The van der Waals surface area contributed by atoms with Gasteiger partial charge in [0.15, 0.2) is 5.82 Å². The number of aromatic nitrogens is 2. The molecule has 1 aromatic carbocycles. The van der Waals surface area contributed by atoms with Gasteiger partial charge in [-0.05, 0) is 24.9 Å². The van der Waals surface area contributed by atoms with Crippen molar-refractivity contribution in [3.05, 3.63) is 47.6 Å². The van der Waals surface area contributed by atoms with Crippen LogP contribution >= 0.6 is 0 Å². The third-order valence-corrected chi connectivity index (χ3v) is 4.32. The van der Waals surface area contributed by atoms with Crippen molar-refractivity contribution in [1.82, 2.24) is 15.0 Å². The molecule has 0 unspecified atom stereocenters. The number of nitrogens with zero attached hydrogens (tertiary/aromatic N) is 3. The van der Waals surface area contributed by atoms with Crippen molar-refractivity contribution in [2.24, 2.45) is 0 Å². The molecule has 24 heavy (non-hydrogen) atoms. The molecule has 1 fully saturated rings. The van der Waals surface area contributed by atoms with Gasteiger partial charge in [-0.1, -0.05) is 42.4 Å². The van der Waals surface area contributed by atoms with Crippen molar-refractivity contribution in [2.45, 2.75) is 44.9 Å². The van der Waals surface area contributed by atoms with Crippen molar-refractivity contribution in [3.63, 3.8) is 0 Å². The molecule has 6 heteroatoms. The number of hydrogen-bond acceptors (Lipinski definition) is 6. The molecule has 1 aromatic heterocycles. The first-order valence-electron chi connectivity index (χ1n) is 8.62. The lowest BCUT2D eigenvalue weighted by atomic mass is 10.2. The first kappa shape index (κ1) is 17.1. The maximum atomic E-state index is 10.3. The van der Waals surface area contributed by atoms with Crippen LogP contribution in [0.2, 0.25) is 0 Å². The van der Waals surface area contributed by atoms with Crippen molar-refractivity contribution in [1.29, 1.82) is 0 Å². The van der Waals surface area contributed by atoms with Crippen LogP contribution in [0.1, 0.15) is 43.1 Å². The first-order chi connectivity index (χ1) is 11.8. The monoisotopic (exact) mass is 331 g/mol. The standard InChI is InChI=1S/C18H25N3O3/c1-2-17-19-18(20-24-17)16-9-6-10-21(16)11-15(22)13-23-12-14-7-4-3-5-8-14/h3-5,7-8,15-16,22H,2,6,9-13H2,1H3/t15-,16-/m0/s1. The van der Waals surface area contributed by atoms with E-state index in [1.807, 2.05) is 37.3 Å². The minimum Gasteiger partial charge on any atom is -0.389 e. The van der Waals surface area contributed by atoms with E-state index in [2.05, 4.69) is 15.0 Å². The summed E-state index contributed by atoms with van der Waals surface area (Å²) < 4.78 is 10.8. The van der Waals surface area contributed by atoms with Crippen LogP contribution in [-0.4, -0.2) is 45.9 Å². The fourth-order valence-corrected chi connectivity index (χ4v) is 3.09. The van der Waals surface area contributed by atoms with Gasteiger partial charge in [-0.25, -0.2) is 0 Å². The fourth-order valence-electron chi connectivity index (χ4n) is 3.09. The lowest BCUT2D eigenvalue weighted by Crippen LogP contribution is -2.35. The highest BCUT2D eigenvalue weighted by Gasteiger charge is 2.31. The van der Waals surface area contributed by atoms with Crippen molar-refractivity contribution in [3.8, 4) is 0 Å². The minimum atomic E-state index is -0.521. The summed E-state index contributed by atoms with van der Waals surface area (Å²) in [5, 5.41) is 14.4. The van der Waals surface area contributed by atoms with Crippen molar-refractivity contribution in [2.75, 3.05) is 19.7 Å². The van der Waals surface area contributed by atoms with Crippen LogP contribution in [0.4, 0.5) is 0 Å². The van der Waals surface area contributed by atoms with E-state index in [0.29, 0.717) is 25.6 Å². The van der Waals surface area contributed by atoms with E-state index >= 15 is 0 Å². The normalized spacial score (nSPS) is 19.7. The minimum absolute atomic E-state index is 0.137. The molecule has 1 saturated heterocycles.